The maximum atomic E-state index is 12.1. The third-order valence-corrected chi connectivity index (χ3v) is 4.27. The average molecular weight is 391 g/mol. The molecule has 0 radical (unpaired) electrons. The maximum absolute atomic E-state index is 12.1. The molecule has 1 saturated heterocycles. The van der Waals surface area contributed by atoms with E-state index in [1.165, 1.54) is 13.2 Å². The Hall–Kier alpha value is -3.10. The number of amides is 3. The van der Waals surface area contributed by atoms with Crippen molar-refractivity contribution >= 4 is 29.6 Å². The van der Waals surface area contributed by atoms with Gasteiger partial charge in [0.15, 0.2) is 0 Å². The number of nitrogens with one attached hydrogen (secondary N) is 2. The minimum Gasteiger partial charge on any atom is -0.465 e. The third-order valence-electron chi connectivity index (χ3n) is 4.27. The van der Waals surface area contributed by atoms with E-state index >= 15 is 0 Å². The van der Waals surface area contributed by atoms with E-state index in [-0.39, 0.29) is 18.6 Å². The molecular formula is C19H25N3O6. The number of likely N-dealkylation sites (tertiary alicyclic amines) is 1. The van der Waals surface area contributed by atoms with Gasteiger partial charge in [0, 0.05) is 24.8 Å². The van der Waals surface area contributed by atoms with Gasteiger partial charge < -0.3 is 25.0 Å². The van der Waals surface area contributed by atoms with E-state index in [2.05, 4.69) is 15.4 Å². The van der Waals surface area contributed by atoms with Crippen molar-refractivity contribution in [2.75, 3.05) is 32.1 Å². The normalized spacial score (nSPS) is 14.1. The summed E-state index contributed by atoms with van der Waals surface area (Å²) in [5.41, 5.74) is 0.710. The molecule has 0 unspecified atom stereocenters. The van der Waals surface area contributed by atoms with Crippen molar-refractivity contribution in [2.45, 2.75) is 32.2 Å². The second kappa shape index (κ2) is 10.3. The summed E-state index contributed by atoms with van der Waals surface area (Å²) in [6, 6.07) is 6.18. The number of rotatable bonds is 6. The number of methoxy groups -OCH3 is 1. The van der Waals surface area contributed by atoms with Crippen LogP contribution in [-0.2, 0) is 19.1 Å². The highest BCUT2D eigenvalue weighted by molar-refractivity contribution is 6.04. The standard InChI is InChI=1S/C19H25N3O6/c1-3-28-19(26)22-9-7-14(8-10-22)20-16(23)12-17(24)21-15-6-4-5-13(11-15)18(25)27-2/h4-6,11,14H,3,7-10,12H2,1-2H3,(H,20,23)(H,21,24). The van der Waals surface area contributed by atoms with Gasteiger partial charge in [-0.3, -0.25) is 9.59 Å². The van der Waals surface area contributed by atoms with Crippen molar-refractivity contribution in [3.8, 4) is 0 Å². The minimum atomic E-state index is -0.511. The SMILES string of the molecule is CCOC(=O)N1CCC(NC(=O)CC(=O)Nc2cccc(C(=O)OC)c2)CC1. The summed E-state index contributed by atoms with van der Waals surface area (Å²) in [6.07, 6.45) is 0.530. The molecule has 9 heteroatoms. The Morgan fingerprint density at radius 2 is 1.86 bits per heavy atom. The Morgan fingerprint density at radius 1 is 1.14 bits per heavy atom. The van der Waals surface area contributed by atoms with E-state index in [0.717, 1.165) is 0 Å². The van der Waals surface area contributed by atoms with Crippen molar-refractivity contribution in [3.63, 3.8) is 0 Å². The number of nitrogens with zero attached hydrogens (tertiary/aromatic N) is 1. The second-order valence-corrected chi connectivity index (χ2v) is 6.33. The summed E-state index contributed by atoms with van der Waals surface area (Å²) in [6.45, 7) is 3.07. The van der Waals surface area contributed by atoms with Gasteiger partial charge in [-0.25, -0.2) is 9.59 Å². The van der Waals surface area contributed by atoms with Crippen molar-refractivity contribution in [3.05, 3.63) is 29.8 Å². The Kier molecular flexibility index (Phi) is 7.79. The Bertz CT molecular complexity index is 728. The fourth-order valence-corrected chi connectivity index (χ4v) is 2.89. The van der Waals surface area contributed by atoms with Gasteiger partial charge >= 0.3 is 12.1 Å². The van der Waals surface area contributed by atoms with E-state index in [4.69, 9.17) is 4.74 Å². The van der Waals surface area contributed by atoms with Gasteiger partial charge in [0.05, 0.1) is 19.3 Å². The maximum Gasteiger partial charge on any atom is 0.409 e. The van der Waals surface area contributed by atoms with Crippen molar-refractivity contribution in [1.82, 2.24) is 10.2 Å². The summed E-state index contributed by atoms with van der Waals surface area (Å²) in [4.78, 5) is 49.0. The lowest BCUT2D eigenvalue weighted by Gasteiger charge is -2.31. The molecule has 0 spiro atoms. The first-order chi connectivity index (χ1) is 13.4. The summed E-state index contributed by atoms with van der Waals surface area (Å²) in [5.74, 6) is -1.39. The molecule has 0 atom stereocenters. The van der Waals surface area contributed by atoms with Gasteiger partial charge in [0.1, 0.15) is 6.42 Å². The topological polar surface area (TPSA) is 114 Å². The number of piperidine rings is 1. The van der Waals surface area contributed by atoms with Crippen LogP contribution in [0.2, 0.25) is 0 Å². The monoisotopic (exact) mass is 391 g/mol. The second-order valence-electron chi connectivity index (χ2n) is 6.33. The smallest absolute Gasteiger partial charge is 0.409 e. The molecular weight excluding hydrogens is 366 g/mol. The van der Waals surface area contributed by atoms with E-state index in [0.29, 0.717) is 43.8 Å². The van der Waals surface area contributed by atoms with E-state index in [9.17, 15) is 19.2 Å². The van der Waals surface area contributed by atoms with Crippen LogP contribution in [0.15, 0.2) is 24.3 Å². The van der Waals surface area contributed by atoms with Gasteiger partial charge in [-0.15, -0.1) is 0 Å². The van der Waals surface area contributed by atoms with Crippen LogP contribution in [0.3, 0.4) is 0 Å². The highest BCUT2D eigenvalue weighted by Gasteiger charge is 2.25. The molecule has 1 aliphatic rings. The van der Waals surface area contributed by atoms with Gasteiger partial charge in [0.2, 0.25) is 11.8 Å². The fraction of sp³-hybridized carbons (Fsp3) is 0.474. The van der Waals surface area contributed by atoms with Crippen LogP contribution >= 0.6 is 0 Å². The number of ether oxygens (including phenoxy) is 2. The first-order valence-electron chi connectivity index (χ1n) is 9.12. The van der Waals surface area contributed by atoms with Crippen LogP contribution in [-0.4, -0.2) is 61.6 Å². The van der Waals surface area contributed by atoms with Crippen molar-refractivity contribution in [2.24, 2.45) is 0 Å². The summed E-state index contributed by atoms with van der Waals surface area (Å²) in [5, 5.41) is 5.40. The van der Waals surface area contributed by atoms with E-state index in [1.54, 1.807) is 30.0 Å². The number of carbonyl (C=O) groups is 4. The quantitative estimate of drug-likeness (QED) is 0.562. The average Bonchev–Trinajstić information content (AvgIpc) is 2.68. The third kappa shape index (κ3) is 6.26. The predicted molar refractivity (Wildman–Crippen MR) is 101 cm³/mol. The molecule has 1 fully saturated rings. The summed E-state index contributed by atoms with van der Waals surface area (Å²) < 4.78 is 9.59. The number of carbonyl (C=O) groups excluding carboxylic acids is 4. The first-order valence-corrected chi connectivity index (χ1v) is 9.12. The molecule has 1 heterocycles. The van der Waals surface area contributed by atoms with Crippen LogP contribution in [0.4, 0.5) is 10.5 Å². The Labute approximate surface area is 163 Å². The van der Waals surface area contributed by atoms with E-state index in [1.807, 2.05) is 0 Å². The molecule has 1 aromatic rings. The molecule has 0 bridgehead atoms. The largest absolute Gasteiger partial charge is 0.465 e. The molecule has 1 aliphatic heterocycles. The lowest BCUT2D eigenvalue weighted by molar-refractivity contribution is -0.127. The number of hydrogen-bond acceptors (Lipinski definition) is 6. The molecule has 9 nitrogen and oxygen atoms in total. The molecule has 0 aromatic heterocycles. The van der Waals surface area contributed by atoms with Crippen molar-refractivity contribution < 1.29 is 28.7 Å². The van der Waals surface area contributed by atoms with E-state index < -0.39 is 17.8 Å². The van der Waals surface area contributed by atoms with Crippen LogP contribution in [0.5, 0.6) is 0 Å². The molecule has 152 valence electrons. The number of hydrogen-bond donors (Lipinski definition) is 2. The van der Waals surface area contributed by atoms with Gasteiger partial charge in [-0.2, -0.15) is 0 Å². The highest BCUT2D eigenvalue weighted by atomic mass is 16.6. The first kappa shape index (κ1) is 21.2. The molecule has 1 aromatic carbocycles. The zero-order valence-electron chi connectivity index (χ0n) is 16.0. The Balaban J connectivity index is 1.77. The van der Waals surface area contributed by atoms with Gasteiger partial charge in [0.25, 0.3) is 0 Å². The summed E-state index contributed by atoms with van der Waals surface area (Å²) in [7, 11) is 1.27. The fourth-order valence-electron chi connectivity index (χ4n) is 2.89. The number of anilines is 1. The lowest BCUT2D eigenvalue weighted by Crippen LogP contribution is -2.47. The molecule has 2 rings (SSSR count). The summed E-state index contributed by atoms with van der Waals surface area (Å²) >= 11 is 0. The molecule has 0 aliphatic carbocycles. The van der Waals surface area contributed by atoms with Crippen LogP contribution in [0.1, 0.15) is 36.5 Å². The zero-order valence-corrected chi connectivity index (χ0v) is 16.0. The predicted octanol–water partition coefficient (Wildman–Crippen LogP) is 1.54. The van der Waals surface area contributed by atoms with Crippen molar-refractivity contribution in [1.29, 1.82) is 0 Å². The molecule has 0 saturated carbocycles. The lowest BCUT2D eigenvalue weighted by atomic mass is 10.1. The van der Waals surface area contributed by atoms with Gasteiger partial charge in [-0.1, -0.05) is 6.07 Å². The zero-order chi connectivity index (χ0) is 20.5. The minimum absolute atomic E-state index is 0.0892. The molecule has 28 heavy (non-hydrogen) atoms. The van der Waals surface area contributed by atoms with Gasteiger partial charge in [-0.05, 0) is 38.0 Å². The number of benzene rings is 1. The van der Waals surface area contributed by atoms with Crippen LogP contribution in [0, 0.1) is 0 Å². The highest BCUT2D eigenvalue weighted by Crippen LogP contribution is 2.13. The van der Waals surface area contributed by atoms with Crippen LogP contribution in [0.25, 0.3) is 0 Å². The molecule has 3 amide bonds. The number of esters is 1. The van der Waals surface area contributed by atoms with Crippen LogP contribution < -0.4 is 10.6 Å². The Morgan fingerprint density at radius 3 is 2.50 bits per heavy atom. The molecule has 2 N–H and O–H groups in total.